The van der Waals surface area contributed by atoms with Crippen molar-refractivity contribution >= 4 is 6.03 Å². The van der Waals surface area contributed by atoms with Crippen molar-refractivity contribution < 1.29 is 18.0 Å². The molecule has 0 aliphatic carbocycles. The molecule has 1 saturated heterocycles. The molecule has 1 fully saturated rings. The molecular formula is C6H10F3N3O. The molecule has 1 heterocycles. The van der Waals surface area contributed by atoms with Crippen LogP contribution in [0.15, 0.2) is 0 Å². The van der Waals surface area contributed by atoms with Crippen LogP contribution in [0.25, 0.3) is 0 Å². The van der Waals surface area contributed by atoms with Crippen molar-refractivity contribution in [2.75, 3.05) is 21.1 Å². The normalized spacial score (nSPS) is 26.0. The van der Waals surface area contributed by atoms with Crippen LogP contribution in [0.4, 0.5) is 18.0 Å². The van der Waals surface area contributed by atoms with Gasteiger partial charge < -0.3 is 4.90 Å². The molecular weight excluding hydrogens is 187 g/mol. The zero-order valence-corrected chi connectivity index (χ0v) is 7.46. The van der Waals surface area contributed by atoms with E-state index in [0.29, 0.717) is 4.90 Å². The Bertz CT molecular complexity index is 230. The molecule has 76 valence electrons. The zero-order chi connectivity index (χ0) is 10.4. The minimum absolute atomic E-state index is 0.653. The number of hydrazine groups is 1. The SMILES string of the molecule is CN1C(=O)N(C)N(C)C1C(F)(F)F. The van der Waals surface area contributed by atoms with Gasteiger partial charge in [0.05, 0.1) is 0 Å². The van der Waals surface area contributed by atoms with Crippen molar-refractivity contribution in [3.8, 4) is 0 Å². The molecule has 13 heavy (non-hydrogen) atoms. The third-order valence-corrected chi connectivity index (χ3v) is 2.07. The minimum atomic E-state index is -4.43. The first-order chi connectivity index (χ1) is 5.76. The highest BCUT2D eigenvalue weighted by Crippen LogP contribution is 2.31. The molecule has 0 aromatic carbocycles. The Morgan fingerprint density at radius 1 is 1.23 bits per heavy atom. The van der Waals surface area contributed by atoms with Crippen LogP contribution in [0.5, 0.6) is 0 Å². The molecule has 0 aromatic heterocycles. The van der Waals surface area contributed by atoms with E-state index in [0.717, 1.165) is 17.1 Å². The van der Waals surface area contributed by atoms with Crippen LogP contribution in [0.3, 0.4) is 0 Å². The van der Waals surface area contributed by atoms with E-state index in [2.05, 4.69) is 0 Å². The second kappa shape index (κ2) is 2.76. The van der Waals surface area contributed by atoms with Gasteiger partial charge in [-0.3, -0.25) is 5.01 Å². The first-order valence-electron chi connectivity index (χ1n) is 3.56. The lowest BCUT2D eigenvalue weighted by molar-refractivity contribution is -0.213. The van der Waals surface area contributed by atoms with Crippen LogP contribution in [0, 0.1) is 0 Å². The van der Waals surface area contributed by atoms with Crippen LogP contribution < -0.4 is 0 Å². The van der Waals surface area contributed by atoms with E-state index in [1.54, 1.807) is 0 Å². The summed E-state index contributed by atoms with van der Waals surface area (Å²) in [6.45, 7) is 0. The van der Waals surface area contributed by atoms with Gasteiger partial charge in [-0.2, -0.15) is 18.2 Å². The van der Waals surface area contributed by atoms with Crippen LogP contribution in [0.1, 0.15) is 0 Å². The van der Waals surface area contributed by atoms with Crippen molar-refractivity contribution in [1.82, 2.24) is 14.9 Å². The number of rotatable bonds is 0. The highest BCUT2D eigenvalue weighted by atomic mass is 19.4. The highest BCUT2D eigenvalue weighted by Gasteiger charge is 2.53. The smallest absolute Gasteiger partial charge is 0.301 e. The van der Waals surface area contributed by atoms with Crippen molar-refractivity contribution in [3.05, 3.63) is 0 Å². The van der Waals surface area contributed by atoms with E-state index >= 15 is 0 Å². The summed E-state index contributed by atoms with van der Waals surface area (Å²) in [5.74, 6) is 0. The van der Waals surface area contributed by atoms with Crippen molar-refractivity contribution in [2.24, 2.45) is 0 Å². The summed E-state index contributed by atoms with van der Waals surface area (Å²) in [6.07, 6.45) is -6.28. The Morgan fingerprint density at radius 3 is 1.85 bits per heavy atom. The number of hydrogen-bond acceptors (Lipinski definition) is 2. The molecule has 0 N–H and O–H groups in total. The lowest BCUT2D eigenvalue weighted by Crippen LogP contribution is -2.48. The number of carbonyl (C=O) groups is 1. The monoisotopic (exact) mass is 197 g/mol. The Balaban J connectivity index is 2.94. The van der Waals surface area contributed by atoms with Gasteiger partial charge in [0.15, 0.2) is 0 Å². The molecule has 1 aliphatic heterocycles. The predicted molar refractivity (Wildman–Crippen MR) is 38.5 cm³/mol. The maximum Gasteiger partial charge on any atom is 0.424 e. The molecule has 0 radical (unpaired) electrons. The zero-order valence-electron chi connectivity index (χ0n) is 7.46. The summed E-state index contributed by atoms with van der Waals surface area (Å²) in [5.41, 5.74) is 0. The first kappa shape index (κ1) is 10.1. The average molecular weight is 197 g/mol. The van der Waals surface area contributed by atoms with Gasteiger partial charge in [-0.15, -0.1) is 0 Å². The van der Waals surface area contributed by atoms with Gasteiger partial charge in [-0.25, -0.2) is 4.79 Å². The van der Waals surface area contributed by atoms with Gasteiger partial charge >= 0.3 is 12.2 Å². The summed E-state index contributed by atoms with van der Waals surface area (Å²) in [6, 6.07) is -0.662. The molecule has 1 rings (SSSR count). The Kier molecular flexibility index (Phi) is 2.15. The number of hydrogen-bond donors (Lipinski definition) is 0. The molecule has 0 aromatic rings. The van der Waals surface area contributed by atoms with Gasteiger partial charge in [-0.05, 0) is 0 Å². The molecule has 2 amide bonds. The topological polar surface area (TPSA) is 26.8 Å². The number of nitrogens with zero attached hydrogens (tertiary/aromatic N) is 3. The van der Waals surface area contributed by atoms with Gasteiger partial charge in [0.25, 0.3) is 0 Å². The fourth-order valence-corrected chi connectivity index (χ4v) is 1.31. The fourth-order valence-electron chi connectivity index (χ4n) is 1.31. The highest BCUT2D eigenvalue weighted by molar-refractivity contribution is 5.75. The lowest BCUT2D eigenvalue weighted by atomic mass is 10.4. The van der Waals surface area contributed by atoms with Crippen LogP contribution in [-0.2, 0) is 0 Å². The molecule has 1 aliphatic rings. The Labute approximate surface area is 73.5 Å². The number of amides is 2. The number of halogens is 3. The number of carbonyl (C=O) groups excluding carboxylic acids is 1. The first-order valence-corrected chi connectivity index (χ1v) is 3.56. The van der Waals surface area contributed by atoms with E-state index in [-0.39, 0.29) is 0 Å². The summed E-state index contributed by atoms with van der Waals surface area (Å²) < 4.78 is 37.0. The summed E-state index contributed by atoms with van der Waals surface area (Å²) in [7, 11) is 3.64. The van der Waals surface area contributed by atoms with Crippen LogP contribution in [-0.4, -0.2) is 54.4 Å². The molecule has 0 spiro atoms. The number of alkyl halides is 3. The van der Waals surface area contributed by atoms with Crippen molar-refractivity contribution in [1.29, 1.82) is 0 Å². The molecule has 7 heteroatoms. The van der Waals surface area contributed by atoms with E-state index in [1.165, 1.54) is 14.1 Å². The quantitative estimate of drug-likeness (QED) is 0.572. The number of urea groups is 1. The van der Waals surface area contributed by atoms with E-state index in [1.807, 2.05) is 0 Å². The van der Waals surface area contributed by atoms with Crippen molar-refractivity contribution in [2.45, 2.75) is 12.3 Å². The standard InChI is InChI=1S/C6H10F3N3O/c1-10-4(6(7,8)9)11(2)12(3)5(10)13/h4H,1-3H3. The second-order valence-electron chi connectivity index (χ2n) is 2.91. The second-order valence-corrected chi connectivity index (χ2v) is 2.91. The molecule has 1 atom stereocenters. The lowest BCUT2D eigenvalue weighted by Gasteiger charge is -2.26. The van der Waals surface area contributed by atoms with Crippen LogP contribution in [0.2, 0.25) is 0 Å². The largest absolute Gasteiger partial charge is 0.424 e. The van der Waals surface area contributed by atoms with Crippen molar-refractivity contribution in [3.63, 3.8) is 0 Å². The summed E-state index contributed by atoms with van der Waals surface area (Å²) >= 11 is 0. The maximum absolute atomic E-state index is 12.3. The van der Waals surface area contributed by atoms with Gasteiger partial charge in [0, 0.05) is 21.1 Å². The summed E-state index contributed by atoms with van der Waals surface area (Å²) in [5, 5.41) is 1.78. The Hall–Kier alpha value is -0.980. The summed E-state index contributed by atoms with van der Waals surface area (Å²) in [4.78, 5) is 11.7. The van der Waals surface area contributed by atoms with E-state index < -0.39 is 18.4 Å². The third-order valence-electron chi connectivity index (χ3n) is 2.07. The fraction of sp³-hybridized carbons (Fsp3) is 0.833. The predicted octanol–water partition coefficient (Wildman–Crippen LogP) is 0.719. The van der Waals surface area contributed by atoms with E-state index in [9.17, 15) is 18.0 Å². The molecule has 0 bridgehead atoms. The maximum atomic E-state index is 12.3. The molecule has 1 unspecified atom stereocenters. The average Bonchev–Trinajstić information content (AvgIpc) is 2.14. The molecule has 4 nitrogen and oxygen atoms in total. The third kappa shape index (κ3) is 1.43. The van der Waals surface area contributed by atoms with Gasteiger partial charge in [0.2, 0.25) is 6.17 Å². The van der Waals surface area contributed by atoms with Gasteiger partial charge in [-0.1, -0.05) is 0 Å². The van der Waals surface area contributed by atoms with Crippen LogP contribution >= 0.6 is 0 Å². The Morgan fingerprint density at radius 2 is 1.69 bits per heavy atom. The van der Waals surface area contributed by atoms with Gasteiger partial charge in [0.1, 0.15) is 0 Å². The molecule has 0 saturated carbocycles. The van der Waals surface area contributed by atoms with E-state index in [4.69, 9.17) is 0 Å². The minimum Gasteiger partial charge on any atom is -0.301 e.